The van der Waals surface area contributed by atoms with Crippen molar-refractivity contribution in [2.45, 2.75) is 0 Å². The molecule has 0 aliphatic rings. The number of halogens is 1. The molecular formula is C9H6IN3. The van der Waals surface area contributed by atoms with E-state index in [1.165, 1.54) is 0 Å². The van der Waals surface area contributed by atoms with Crippen molar-refractivity contribution in [1.82, 2.24) is 9.78 Å². The van der Waals surface area contributed by atoms with E-state index in [2.05, 4.69) is 33.8 Å². The van der Waals surface area contributed by atoms with Gasteiger partial charge in [-0.15, -0.1) is 0 Å². The van der Waals surface area contributed by atoms with Crippen LogP contribution in [-0.2, 0) is 7.05 Å². The summed E-state index contributed by atoms with van der Waals surface area (Å²) < 4.78 is 2.87. The number of hydrogen-bond acceptors (Lipinski definition) is 2. The molecule has 2 rings (SSSR count). The Morgan fingerprint density at radius 1 is 1.54 bits per heavy atom. The summed E-state index contributed by atoms with van der Waals surface area (Å²) in [6.45, 7) is 0. The highest BCUT2D eigenvalue weighted by atomic mass is 127. The van der Waals surface area contributed by atoms with Crippen LogP contribution in [-0.4, -0.2) is 9.78 Å². The third-order valence-electron chi connectivity index (χ3n) is 1.89. The molecule has 0 radical (unpaired) electrons. The van der Waals surface area contributed by atoms with Gasteiger partial charge in [-0.3, -0.25) is 4.68 Å². The van der Waals surface area contributed by atoms with Gasteiger partial charge in [0.25, 0.3) is 0 Å². The zero-order valence-electron chi connectivity index (χ0n) is 6.95. The molecule has 0 aliphatic carbocycles. The first kappa shape index (κ1) is 8.51. The van der Waals surface area contributed by atoms with E-state index < -0.39 is 0 Å². The molecular weight excluding hydrogens is 277 g/mol. The number of nitrogens with zero attached hydrogens (tertiary/aromatic N) is 3. The van der Waals surface area contributed by atoms with E-state index in [-0.39, 0.29) is 0 Å². The first-order valence-electron chi connectivity index (χ1n) is 3.75. The molecule has 0 spiro atoms. The zero-order valence-corrected chi connectivity index (χ0v) is 9.11. The molecule has 0 atom stereocenters. The smallest absolute Gasteiger partial charge is 0.106 e. The number of aromatic nitrogens is 2. The highest BCUT2D eigenvalue weighted by Gasteiger charge is 2.05. The normalized spacial score (nSPS) is 10.2. The minimum Gasteiger partial charge on any atom is -0.261 e. The predicted octanol–water partition coefficient (Wildman–Crippen LogP) is 2.05. The van der Waals surface area contributed by atoms with Crippen molar-refractivity contribution in [3.8, 4) is 6.07 Å². The van der Waals surface area contributed by atoms with E-state index in [1.54, 1.807) is 6.07 Å². The molecule has 64 valence electrons. The molecule has 0 fully saturated rings. The average molecular weight is 283 g/mol. The Balaban J connectivity index is 2.84. The lowest BCUT2D eigenvalue weighted by molar-refractivity contribution is 0.759. The van der Waals surface area contributed by atoms with E-state index in [0.717, 1.165) is 14.6 Å². The topological polar surface area (TPSA) is 41.6 Å². The summed E-state index contributed by atoms with van der Waals surface area (Å²) >= 11 is 2.22. The van der Waals surface area contributed by atoms with Gasteiger partial charge in [0.15, 0.2) is 0 Å². The number of nitriles is 1. The van der Waals surface area contributed by atoms with Crippen molar-refractivity contribution in [3.05, 3.63) is 27.5 Å². The van der Waals surface area contributed by atoms with E-state index in [4.69, 9.17) is 5.26 Å². The molecule has 0 saturated carbocycles. The van der Waals surface area contributed by atoms with E-state index in [1.807, 2.05) is 23.9 Å². The maximum atomic E-state index is 8.72. The van der Waals surface area contributed by atoms with Crippen LogP contribution in [0.4, 0.5) is 0 Å². The van der Waals surface area contributed by atoms with Crippen LogP contribution < -0.4 is 0 Å². The molecule has 0 saturated heterocycles. The predicted molar refractivity (Wildman–Crippen MR) is 58.1 cm³/mol. The van der Waals surface area contributed by atoms with Gasteiger partial charge in [-0.05, 0) is 40.8 Å². The molecule has 0 aliphatic heterocycles. The summed E-state index contributed by atoms with van der Waals surface area (Å²) in [5, 5.41) is 14.0. The molecule has 1 aromatic heterocycles. The summed E-state index contributed by atoms with van der Waals surface area (Å²) in [6, 6.07) is 7.63. The Morgan fingerprint density at radius 3 is 3.00 bits per heavy atom. The molecule has 1 aromatic carbocycles. The van der Waals surface area contributed by atoms with E-state index in [9.17, 15) is 0 Å². The molecule has 1 heterocycles. The maximum Gasteiger partial charge on any atom is 0.106 e. The zero-order chi connectivity index (χ0) is 9.42. The minimum absolute atomic E-state index is 0.679. The monoisotopic (exact) mass is 283 g/mol. The van der Waals surface area contributed by atoms with Crippen molar-refractivity contribution in [3.63, 3.8) is 0 Å². The molecule has 0 bridgehead atoms. The third-order valence-corrected chi connectivity index (χ3v) is 3.17. The quantitative estimate of drug-likeness (QED) is 0.694. The fraction of sp³-hybridized carbons (Fsp3) is 0.111. The van der Waals surface area contributed by atoms with Crippen LogP contribution >= 0.6 is 22.6 Å². The van der Waals surface area contributed by atoms with Crippen LogP contribution in [0.5, 0.6) is 0 Å². The number of benzene rings is 1. The second kappa shape index (κ2) is 3.00. The standard InChI is InChI=1S/C9H6IN3/c1-13-9(10)7-4-6(5-11)2-3-8(7)12-13/h2-4H,1H3. The first-order chi connectivity index (χ1) is 6.22. The maximum absolute atomic E-state index is 8.72. The largest absolute Gasteiger partial charge is 0.261 e. The van der Waals surface area contributed by atoms with Gasteiger partial charge in [0, 0.05) is 12.4 Å². The lowest BCUT2D eigenvalue weighted by atomic mass is 10.2. The van der Waals surface area contributed by atoms with Crippen LogP contribution in [0.2, 0.25) is 0 Å². The van der Waals surface area contributed by atoms with Crippen LogP contribution in [0, 0.1) is 15.0 Å². The fourth-order valence-electron chi connectivity index (χ4n) is 1.24. The van der Waals surface area contributed by atoms with Crippen molar-refractivity contribution >= 4 is 33.5 Å². The Bertz CT molecular complexity index is 507. The highest BCUT2D eigenvalue weighted by Crippen LogP contribution is 2.20. The molecule has 2 aromatic rings. The van der Waals surface area contributed by atoms with Gasteiger partial charge in [0.2, 0.25) is 0 Å². The number of rotatable bonds is 0. The summed E-state index contributed by atoms with van der Waals surface area (Å²) in [4.78, 5) is 0. The molecule has 4 heteroatoms. The lowest BCUT2D eigenvalue weighted by Crippen LogP contribution is -1.91. The van der Waals surface area contributed by atoms with Crippen molar-refractivity contribution in [2.75, 3.05) is 0 Å². The SMILES string of the molecule is Cn1nc2ccc(C#N)cc2c1I. The Hall–Kier alpha value is -1.09. The Morgan fingerprint density at radius 2 is 2.31 bits per heavy atom. The van der Waals surface area contributed by atoms with Crippen molar-refractivity contribution < 1.29 is 0 Å². The summed E-state index contributed by atoms with van der Waals surface area (Å²) in [6.07, 6.45) is 0. The first-order valence-corrected chi connectivity index (χ1v) is 4.82. The van der Waals surface area contributed by atoms with Gasteiger partial charge in [0.1, 0.15) is 3.70 Å². The van der Waals surface area contributed by atoms with E-state index in [0.29, 0.717) is 5.56 Å². The van der Waals surface area contributed by atoms with Gasteiger partial charge in [-0.1, -0.05) is 0 Å². The molecule has 0 N–H and O–H groups in total. The Labute approximate surface area is 89.1 Å². The molecule has 3 nitrogen and oxygen atoms in total. The molecule has 0 amide bonds. The van der Waals surface area contributed by atoms with Gasteiger partial charge >= 0.3 is 0 Å². The average Bonchev–Trinajstić information content (AvgIpc) is 2.43. The fourth-order valence-corrected chi connectivity index (χ4v) is 1.78. The van der Waals surface area contributed by atoms with Crippen LogP contribution in [0.15, 0.2) is 18.2 Å². The second-order valence-corrected chi connectivity index (χ2v) is 3.78. The van der Waals surface area contributed by atoms with Gasteiger partial charge in [-0.2, -0.15) is 10.4 Å². The second-order valence-electron chi connectivity index (χ2n) is 2.76. The number of fused-ring (bicyclic) bond motifs is 1. The van der Waals surface area contributed by atoms with Gasteiger partial charge in [-0.25, -0.2) is 0 Å². The summed E-state index contributed by atoms with van der Waals surface area (Å²) in [5.74, 6) is 0. The minimum atomic E-state index is 0.679. The van der Waals surface area contributed by atoms with Crippen LogP contribution in [0.25, 0.3) is 10.9 Å². The lowest BCUT2D eigenvalue weighted by Gasteiger charge is -1.90. The third kappa shape index (κ3) is 1.29. The number of aryl methyl sites for hydroxylation is 1. The number of hydrogen-bond donors (Lipinski definition) is 0. The van der Waals surface area contributed by atoms with Crippen molar-refractivity contribution in [2.24, 2.45) is 7.05 Å². The van der Waals surface area contributed by atoms with Gasteiger partial charge < -0.3 is 0 Å². The molecule has 13 heavy (non-hydrogen) atoms. The van der Waals surface area contributed by atoms with Crippen LogP contribution in [0.1, 0.15) is 5.56 Å². The molecule has 0 unspecified atom stereocenters. The van der Waals surface area contributed by atoms with E-state index >= 15 is 0 Å². The highest BCUT2D eigenvalue weighted by molar-refractivity contribution is 14.1. The van der Waals surface area contributed by atoms with Gasteiger partial charge in [0.05, 0.1) is 17.1 Å². The van der Waals surface area contributed by atoms with Crippen LogP contribution in [0.3, 0.4) is 0 Å². The van der Waals surface area contributed by atoms with Crippen molar-refractivity contribution in [1.29, 1.82) is 5.26 Å². The summed E-state index contributed by atoms with van der Waals surface area (Å²) in [5.41, 5.74) is 1.62. The Kier molecular flexibility index (Phi) is 1.96. The summed E-state index contributed by atoms with van der Waals surface area (Å²) in [7, 11) is 1.90.